The molecule has 0 spiro atoms. The number of amides is 1. The highest BCUT2D eigenvalue weighted by atomic mass is 19.4. The fraction of sp³-hybridized carbons (Fsp3) is 0.188. The van der Waals surface area contributed by atoms with E-state index in [9.17, 15) is 18.0 Å². The summed E-state index contributed by atoms with van der Waals surface area (Å²) in [5, 5.41) is 10.3. The number of nitrogens with one attached hydrogen (secondary N) is 3. The van der Waals surface area contributed by atoms with Crippen molar-refractivity contribution < 1.29 is 18.0 Å². The molecule has 0 aliphatic rings. The second-order valence-electron chi connectivity index (χ2n) is 5.64. The Balaban J connectivity index is 1.74. The number of H-pyrrole nitrogens is 1. The molecule has 0 atom stereocenters. The molecule has 3 aromatic rings. The summed E-state index contributed by atoms with van der Waals surface area (Å²) in [5.41, 5.74) is 2.30. The van der Waals surface area contributed by atoms with Crippen molar-refractivity contribution in [2.75, 3.05) is 10.6 Å². The van der Waals surface area contributed by atoms with E-state index < -0.39 is 23.9 Å². The second-order valence-corrected chi connectivity index (χ2v) is 5.64. The van der Waals surface area contributed by atoms with E-state index in [2.05, 4.69) is 30.7 Å². The molecule has 3 rings (SSSR count). The normalized spacial score (nSPS) is 11.3. The molecule has 2 heterocycles. The van der Waals surface area contributed by atoms with Gasteiger partial charge in [-0.3, -0.25) is 15.2 Å². The predicted molar refractivity (Wildman–Crippen MR) is 90.6 cm³/mol. The van der Waals surface area contributed by atoms with Gasteiger partial charge in [0.05, 0.1) is 0 Å². The van der Waals surface area contributed by atoms with Crippen LogP contribution in [0.1, 0.15) is 27.6 Å². The average molecular weight is 377 g/mol. The summed E-state index contributed by atoms with van der Waals surface area (Å²) in [5.74, 6) is -2.05. The number of nitrogens with zero attached hydrogens (tertiary/aromatic N) is 4. The standard InChI is InChI=1S/C16H14F3N7O/c1-8-6-9(2)21-14(20-8)22-11-5-3-4-10(7-11)12(27)23-15-24-13(25-26-15)16(17,18)19/h3-7H,1-2H3,(H,20,21,22)(H2,23,24,25,26,27). The summed E-state index contributed by atoms with van der Waals surface area (Å²) in [6.45, 7) is 3.66. The quantitative estimate of drug-likeness (QED) is 0.644. The minimum atomic E-state index is -4.67. The van der Waals surface area contributed by atoms with Crippen molar-refractivity contribution in [1.29, 1.82) is 0 Å². The van der Waals surface area contributed by atoms with E-state index in [0.717, 1.165) is 11.4 Å². The Labute approximate surface area is 151 Å². The van der Waals surface area contributed by atoms with Gasteiger partial charge in [0.15, 0.2) is 0 Å². The first-order chi connectivity index (χ1) is 12.7. The molecule has 0 aliphatic carbocycles. The molecule has 11 heteroatoms. The molecule has 2 aromatic heterocycles. The Morgan fingerprint density at radius 1 is 1.04 bits per heavy atom. The lowest BCUT2D eigenvalue weighted by Gasteiger charge is -2.08. The third kappa shape index (κ3) is 4.57. The zero-order valence-corrected chi connectivity index (χ0v) is 14.2. The molecular formula is C16H14F3N7O. The predicted octanol–water partition coefficient (Wildman–Crippen LogP) is 3.23. The molecular weight excluding hydrogens is 363 g/mol. The van der Waals surface area contributed by atoms with Gasteiger partial charge in [-0.2, -0.15) is 18.2 Å². The molecule has 0 bridgehead atoms. The van der Waals surface area contributed by atoms with Crippen LogP contribution in [0.15, 0.2) is 30.3 Å². The number of rotatable bonds is 4. The summed E-state index contributed by atoms with van der Waals surface area (Å²) < 4.78 is 37.5. The van der Waals surface area contributed by atoms with Gasteiger partial charge < -0.3 is 5.32 Å². The minimum Gasteiger partial charge on any atom is -0.324 e. The smallest absolute Gasteiger partial charge is 0.324 e. The Bertz CT molecular complexity index is 964. The van der Waals surface area contributed by atoms with Gasteiger partial charge in [0, 0.05) is 22.6 Å². The van der Waals surface area contributed by atoms with Crippen molar-refractivity contribution in [1.82, 2.24) is 25.1 Å². The van der Waals surface area contributed by atoms with Crippen LogP contribution in [0, 0.1) is 13.8 Å². The first-order valence-corrected chi connectivity index (χ1v) is 7.71. The van der Waals surface area contributed by atoms with Gasteiger partial charge in [-0.25, -0.2) is 9.97 Å². The summed E-state index contributed by atoms with van der Waals surface area (Å²) in [6.07, 6.45) is -4.67. The number of aromatic nitrogens is 5. The maximum atomic E-state index is 12.5. The Morgan fingerprint density at radius 3 is 2.37 bits per heavy atom. The average Bonchev–Trinajstić information content (AvgIpc) is 3.03. The summed E-state index contributed by atoms with van der Waals surface area (Å²) in [4.78, 5) is 23.9. The number of hydrogen-bond donors (Lipinski definition) is 3. The lowest BCUT2D eigenvalue weighted by Crippen LogP contribution is -2.14. The van der Waals surface area contributed by atoms with Gasteiger partial charge in [-0.05, 0) is 38.1 Å². The van der Waals surface area contributed by atoms with Gasteiger partial charge in [0.2, 0.25) is 17.7 Å². The molecule has 0 saturated carbocycles. The topological polar surface area (TPSA) is 108 Å². The van der Waals surface area contributed by atoms with Gasteiger partial charge >= 0.3 is 6.18 Å². The maximum absolute atomic E-state index is 12.5. The van der Waals surface area contributed by atoms with E-state index in [1.165, 1.54) is 12.1 Å². The van der Waals surface area contributed by atoms with Crippen molar-refractivity contribution in [2.45, 2.75) is 20.0 Å². The number of alkyl halides is 3. The lowest BCUT2D eigenvalue weighted by molar-refractivity contribution is -0.144. The number of hydrogen-bond acceptors (Lipinski definition) is 6. The highest BCUT2D eigenvalue weighted by molar-refractivity contribution is 6.03. The molecule has 3 N–H and O–H groups in total. The van der Waals surface area contributed by atoms with Crippen molar-refractivity contribution in [3.8, 4) is 0 Å². The van der Waals surface area contributed by atoms with E-state index in [0.29, 0.717) is 11.6 Å². The molecule has 0 saturated heterocycles. The van der Waals surface area contributed by atoms with Crippen molar-refractivity contribution >= 4 is 23.5 Å². The third-order valence-corrected chi connectivity index (χ3v) is 3.34. The van der Waals surface area contributed by atoms with Crippen LogP contribution in [0.4, 0.5) is 30.8 Å². The highest BCUT2D eigenvalue weighted by Gasteiger charge is 2.35. The number of aromatic amines is 1. The summed E-state index contributed by atoms with van der Waals surface area (Å²) >= 11 is 0. The van der Waals surface area contributed by atoms with Gasteiger partial charge in [0.1, 0.15) is 0 Å². The van der Waals surface area contributed by atoms with Crippen LogP contribution in [-0.4, -0.2) is 31.1 Å². The lowest BCUT2D eigenvalue weighted by atomic mass is 10.2. The zero-order valence-electron chi connectivity index (χ0n) is 14.2. The van der Waals surface area contributed by atoms with Gasteiger partial charge in [-0.1, -0.05) is 6.07 Å². The van der Waals surface area contributed by atoms with Crippen LogP contribution in [0.5, 0.6) is 0 Å². The van der Waals surface area contributed by atoms with Gasteiger partial charge in [0.25, 0.3) is 5.91 Å². The van der Waals surface area contributed by atoms with E-state index in [1.54, 1.807) is 17.2 Å². The molecule has 0 radical (unpaired) electrons. The Kier molecular flexibility index (Phi) is 4.75. The first-order valence-electron chi connectivity index (χ1n) is 7.71. The molecule has 27 heavy (non-hydrogen) atoms. The van der Waals surface area contributed by atoms with Crippen LogP contribution >= 0.6 is 0 Å². The van der Waals surface area contributed by atoms with Crippen LogP contribution in [0.25, 0.3) is 0 Å². The van der Waals surface area contributed by atoms with Crippen LogP contribution < -0.4 is 10.6 Å². The fourth-order valence-corrected chi connectivity index (χ4v) is 2.27. The van der Waals surface area contributed by atoms with E-state index >= 15 is 0 Å². The number of carbonyl (C=O) groups excluding carboxylic acids is 1. The van der Waals surface area contributed by atoms with Crippen molar-refractivity contribution in [2.24, 2.45) is 0 Å². The molecule has 1 aromatic carbocycles. The number of benzene rings is 1. The van der Waals surface area contributed by atoms with Crippen molar-refractivity contribution in [3.05, 3.63) is 53.1 Å². The van der Waals surface area contributed by atoms with E-state index in [4.69, 9.17) is 0 Å². The maximum Gasteiger partial charge on any atom is 0.451 e. The van der Waals surface area contributed by atoms with Crippen LogP contribution in [0.3, 0.4) is 0 Å². The zero-order chi connectivity index (χ0) is 19.6. The number of carbonyl (C=O) groups is 1. The second kappa shape index (κ2) is 7.02. The molecule has 0 aliphatic heterocycles. The minimum absolute atomic E-state index is 0.197. The van der Waals surface area contributed by atoms with Crippen molar-refractivity contribution in [3.63, 3.8) is 0 Å². The largest absolute Gasteiger partial charge is 0.451 e. The van der Waals surface area contributed by atoms with E-state index in [-0.39, 0.29) is 5.56 Å². The van der Waals surface area contributed by atoms with Crippen LogP contribution in [-0.2, 0) is 6.18 Å². The summed E-state index contributed by atoms with van der Waals surface area (Å²) in [7, 11) is 0. The molecule has 0 fully saturated rings. The number of anilines is 3. The van der Waals surface area contributed by atoms with Gasteiger partial charge in [-0.15, -0.1) is 5.10 Å². The number of halogens is 3. The number of aryl methyl sites for hydroxylation is 2. The molecule has 1 amide bonds. The highest BCUT2D eigenvalue weighted by Crippen LogP contribution is 2.26. The SMILES string of the molecule is Cc1cc(C)nc(Nc2cccc(C(=O)Nc3n[nH]c(C(F)(F)F)n3)c2)n1. The van der Waals surface area contributed by atoms with Crippen LogP contribution in [0.2, 0.25) is 0 Å². The van der Waals surface area contributed by atoms with E-state index in [1.807, 2.05) is 19.9 Å². The molecule has 8 nitrogen and oxygen atoms in total. The Hall–Kier alpha value is -3.50. The summed E-state index contributed by atoms with van der Waals surface area (Å²) in [6, 6.07) is 8.14. The fourth-order valence-electron chi connectivity index (χ4n) is 2.27. The molecule has 0 unspecified atom stereocenters. The first kappa shape index (κ1) is 18.3. The molecule has 140 valence electrons. The third-order valence-electron chi connectivity index (χ3n) is 3.34. The Morgan fingerprint density at radius 2 is 1.74 bits per heavy atom. The monoisotopic (exact) mass is 377 g/mol.